The van der Waals surface area contributed by atoms with E-state index in [1.54, 1.807) is 18.2 Å². The number of aryl methyl sites for hydroxylation is 1. The molecule has 1 atom stereocenters. The first kappa shape index (κ1) is 27.2. The van der Waals surface area contributed by atoms with Gasteiger partial charge < -0.3 is 20.0 Å². The minimum Gasteiger partial charge on any atom is -0.368 e. The zero-order chi connectivity index (χ0) is 27.4. The van der Waals surface area contributed by atoms with E-state index in [2.05, 4.69) is 4.90 Å². The summed E-state index contributed by atoms with van der Waals surface area (Å²) in [4.78, 5) is 27.3. The van der Waals surface area contributed by atoms with Crippen molar-refractivity contribution in [3.8, 4) is 0 Å². The fourth-order valence-corrected chi connectivity index (χ4v) is 5.26. The number of nitrogens with zero attached hydrogens (tertiary/aromatic N) is 4. The summed E-state index contributed by atoms with van der Waals surface area (Å²) in [5, 5.41) is 19.1. The van der Waals surface area contributed by atoms with Gasteiger partial charge in [-0.2, -0.15) is 0 Å². The molecule has 1 saturated heterocycles. The van der Waals surface area contributed by atoms with E-state index in [0.29, 0.717) is 60.4 Å². The first-order valence-electron chi connectivity index (χ1n) is 13.4. The van der Waals surface area contributed by atoms with E-state index in [4.69, 9.17) is 21.6 Å². The smallest absolute Gasteiger partial charge is 0.254 e. The van der Waals surface area contributed by atoms with E-state index < -0.39 is 6.29 Å². The van der Waals surface area contributed by atoms with Crippen LogP contribution >= 0.6 is 11.6 Å². The van der Waals surface area contributed by atoms with E-state index in [1.165, 1.54) is 6.08 Å². The molecule has 1 fully saturated rings. The Labute approximate surface area is 232 Å². The predicted molar refractivity (Wildman–Crippen MR) is 151 cm³/mol. The second-order valence-corrected chi connectivity index (χ2v) is 10.5. The lowest BCUT2D eigenvalue weighted by Gasteiger charge is -2.36. The second-order valence-electron chi connectivity index (χ2n) is 10.0. The van der Waals surface area contributed by atoms with Crippen LogP contribution in [0.1, 0.15) is 53.3 Å². The molecule has 1 aliphatic heterocycles. The summed E-state index contributed by atoms with van der Waals surface area (Å²) in [5.74, 6) is -0.374. The Morgan fingerprint density at radius 2 is 1.79 bits per heavy atom. The van der Waals surface area contributed by atoms with Crippen LogP contribution in [-0.4, -0.2) is 63.5 Å². The summed E-state index contributed by atoms with van der Waals surface area (Å²) in [6.45, 7) is 2.70. The SMILES string of the molecule is O=C(c1ccc2nc(C3C=CC(F)=CC3)c(CCCCC(O)O)nc2c1)N1CCN(c2ccc(Cl)cc2)CC1. The molecular formula is C30H32ClFN4O3. The third-order valence-corrected chi connectivity index (χ3v) is 7.56. The molecule has 0 bridgehead atoms. The zero-order valence-corrected chi connectivity index (χ0v) is 22.4. The Bertz CT molecular complexity index is 1380. The number of anilines is 1. The number of carbonyl (C=O) groups is 1. The highest BCUT2D eigenvalue weighted by Gasteiger charge is 2.24. The quantitative estimate of drug-likeness (QED) is 0.297. The molecule has 2 aromatic carbocycles. The van der Waals surface area contributed by atoms with E-state index in [1.807, 2.05) is 41.3 Å². The number of aliphatic hydroxyl groups excluding tert-OH is 1. The van der Waals surface area contributed by atoms with Crippen LogP contribution in [0.15, 0.2) is 66.5 Å². The molecule has 1 amide bonds. The van der Waals surface area contributed by atoms with E-state index >= 15 is 0 Å². The van der Waals surface area contributed by atoms with Crippen LogP contribution in [0.3, 0.4) is 0 Å². The van der Waals surface area contributed by atoms with Crippen molar-refractivity contribution in [3.63, 3.8) is 0 Å². The maximum absolute atomic E-state index is 13.6. The summed E-state index contributed by atoms with van der Waals surface area (Å²) in [5.41, 5.74) is 4.58. The Morgan fingerprint density at radius 3 is 2.49 bits per heavy atom. The summed E-state index contributed by atoms with van der Waals surface area (Å²) in [7, 11) is 0. The van der Waals surface area contributed by atoms with Crippen molar-refractivity contribution >= 4 is 34.2 Å². The number of aliphatic hydroxyl groups is 2. The number of hydrogen-bond acceptors (Lipinski definition) is 6. The van der Waals surface area contributed by atoms with E-state index in [0.717, 1.165) is 30.2 Å². The number of hydrogen-bond donors (Lipinski definition) is 2. The highest BCUT2D eigenvalue weighted by molar-refractivity contribution is 6.30. The van der Waals surface area contributed by atoms with Crippen LogP contribution in [0.2, 0.25) is 5.02 Å². The zero-order valence-electron chi connectivity index (χ0n) is 21.6. The molecule has 7 nitrogen and oxygen atoms in total. The molecule has 3 aromatic rings. The number of aromatic nitrogens is 2. The number of piperazine rings is 1. The van der Waals surface area contributed by atoms with Crippen LogP contribution in [0.25, 0.3) is 11.0 Å². The van der Waals surface area contributed by atoms with Crippen LogP contribution in [0.5, 0.6) is 0 Å². The number of carbonyl (C=O) groups excluding carboxylic acids is 1. The minimum atomic E-state index is -1.33. The molecule has 5 rings (SSSR count). The van der Waals surface area contributed by atoms with Gasteiger partial charge in [0.2, 0.25) is 0 Å². The third-order valence-electron chi connectivity index (χ3n) is 7.30. The van der Waals surface area contributed by atoms with Gasteiger partial charge in [-0.3, -0.25) is 4.79 Å². The average Bonchev–Trinajstić information content (AvgIpc) is 2.95. The Balaban J connectivity index is 1.33. The third kappa shape index (κ3) is 6.64. The van der Waals surface area contributed by atoms with E-state index in [9.17, 15) is 19.4 Å². The summed E-state index contributed by atoms with van der Waals surface area (Å²) < 4.78 is 13.6. The number of unbranched alkanes of at least 4 members (excludes halogenated alkanes) is 1. The van der Waals surface area contributed by atoms with Crippen molar-refractivity contribution in [3.05, 3.63) is 88.5 Å². The number of benzene rings is 2. The number of fused-ring (bicyclic) bond motifs is 1. The van der Waals surface area contributed by atoms with Gasteiger partial charge in [-0.1, -0.05) is 17.7 Å². The lowest BCUT2D eigenvalue weighted by atomic mass is 9.93. The summed E-state index contributed by atoms with van der Waals surface area (Å²) >= 11 is 6.01. The van der Waals surface area contributed by atoms with Crippen molar-refractivity contribution in [1.29, 1.82) is 0 Å². The van der Waals surface area contributed by atoms with Gasteiger partial charge in [-0.15, -0.1) is 0 Å². The van der Waals surface area contributed by atoms with Gasteiger partial charge >= 0.3 is 0 Å². The lowest BCUT2D eigenvalue weighted by Crippen LogP contribution is -2.48. The molecule has 39 heavy (non-hydrogen) atoms. The maximum Gasteiger partial charge on any atom is 0.254 e. The highest BCUT2D eigenvalue weighted by Crippen LogP contribution is 2.30. The molecule has 1 aromatic heterocycles. The Morgan fingerprint density at radius 1 is 1.03 bits per heavy atom. The van der Waals surface area contributed by atoms with Gasteiger partial charge in [-0.25, -0.2) is 14.4 Å². The van der Waals surface area contributed by atoms with Gasteiger partial charge in [-0.05, 0) is 86.7 Å². The number of allylic oxidation sites excluding steroid dienone is 4. The fourth-order valence-electron chi connectivity index (χ4n) is 5.14. The van der Waals surface area contributed by atoms with Gasteiger partial charge in [0, 0.05) is 48.4 Å². The van der Waals surface area contributed by atoms with Crippen molar-refractivity contribution in [2.45, 2.75) is 44.3 Å². The predicted octanol–water partition coefficient (Wildman–Crippen LogP) is 5.17. The van der Waals surface area contributed by atoms with E-state index in [-0.39, 0.29) is 24.1 Å². The molecule has 9 heteroatoms. The second kappa shape index (κ2) is 12.2. The lowest BCUT2D eigenvalue weighted by molar-refractivity contribution is -0.0465. The van der Waals surface area contributed by atoms with Gasteiger partial charge in [0.15, 0.2) is 6.29 Å². The number of amides is 1. The first-order valence-corrected chi connectivity index (χ1v) is 13.8. The monoisotopic (exact) mass is 550 g/mol. The normalized spacial score (nSPS) is 17.7. The molecular weight excluding hydrogens is 519 g/mol. The van der Waals surface area contributed by atoms with Gasteiger partial charge in [0.05, 0.1) is 22.4 Å². The maximum atomic E-state index is 13.6. The Kier molecular flexibility index (Phi) is 8.55. The largest absolute Gasteiger partial charge is 0.368 e. The Hall–Kier alpha value is -3.33. The molecule has 2 N–H and O–H groups in total. The first-order chi connectivity index (χ1) is 18.9. The van der Waals surface area contributed by atoms with Crippen molar-refractivity contribution < 1.29 is 19.4 Å². The molecule has 204 valence electrons. The van der Waals surface area contributed by atoms with Crippen LogP contribution < -0.4 is 4.90 Å². The molecule has 0 radical (unpaired) electrons. The van der Waals surface area contributed by atoms with Gasteiger partial charge in [0.25, 0.3) is 5.91 Å². The molecule has 0 saturated carbocycles. The van der Waals surface area contributed by atoms with Crippen molar-refractivity contribution in [2.24, 2.45) is 0 Å². The fraction of sp³-hybridized carbons (Fsp3) is 0.367. The van der Waals surface area contributed by atoms with Crippen molar-refractivity contribution in [1.82, 2.24) is 14.9 Å². The number of halogens is 2. The molecule has 2 aliphatic rings. The molecule has 1 aliphatic carbocycles. The van der Waals surface area contributed by atoms with Gasteiger partial charge in [0.1, 0.15) is 5.83 Å². The molecule has 2 heterocycles. The van der Waals surface area contributed by atoms with Crippen LogP contribution in [0, 0.1) is 0 Å². The summed E-state index contributed by atoms with van der Waals surface area (Å²) in [6, 6.07) is 13.2. The van der Waals surface area contributed by atoms with Crippen LogP contribution in [-0.2, 0) is 6.42 Å². The minimum absolute atomic E-state index is 0.0344. The summed E-state index contributed by atoms with van der Waals surface area (Å²) in [6.07, 6.45) is 6.23. The van der Waals surface area contributed by atoms with Crippen molar-refractivity contribution in [2.75, 3.05) is 31.1 Å². The van der Waals surface area contributed by atoms with Crippen LogP contribution in [0.4, 0.5) is 10.1 Å². The standard InChI is InChI=1S/C30H32ClFN4O3/c31-22-8-12-24(13-9-22)35-15-17-36(18-16-35)30(39)21-7-14-25-27(19-21)33-26(3-1-2-4-28(37)38)29(34-25)20-5-10-23(32)11-6-20/h5,7-14,19-20,28,37-38H,1-4,6,15-18H2. The average molecular weight is 551 g/mol. The topological polar surface area (TPSA) is 89.8 Å². The highest BCUT2D eigenvalue weighted by atomic mass is 35.5. The molecule has 1 unspecified atom stereocenters. The molecule has 0 spiro atoms. The number of rotatable bonds is 8.